The van der Waals surface area contributed by atoms with E-state index in [2.05, 4.69) is 26.1 Å². The van der Waals surface area contributed by atoms with Gasteiger partial charge in [-0.25, -0.2) is 0 Å². The summed E-state index contributed by atoms with van der Waals surface area (Å²) in [6.07, 6.45) is 3.71. The van der Waals surface area contributed by atoms with Crippen molar-refractivity contribution in [2.45, 2.75) is 25.3 Å². The number of hydrogen-bond donors (Lipinski definition) is 2. The third-order valence-electron chi connectivity index (χ3n) is 3.54. The largest absolute Gasteiger partial charge is 0.372 e. The zero-order valence-electron chi connectivity index (χ0n) is 11.2. The molecule has 5 heteroatoms. The molecule has 2 rings (SSSR count). The molecule has 4 nitrogen and oxygen atoms in total. The fraction of sp³-hybridized carbons (Fsp3) is 0.500. The summed E-state index contributed by atoms with van der Waals surface area (Å²) in [6.45, 7) is 1.97. The van der Waals surface area contributed by atoms with Crippen molar-refractivity contribution in [3.63, 3.8) is 0 Å². The van der Waals surface area contributed by atoms with E-state index in [1.54, 1.807) is 6.07 Å². The van der Waals surface area contributed by atoms with E-state index >= 15 is 0 Å². The number of anilines is 1. The number of piperidine rings is 1. The van der Waals surface area contributed by atoms with Gasteiger partial charge in [0.15, 0.2) is 0 Å². The van der Waals surface area contributed by atoms with E-state index in [1.165, 1.54) is 19.3 Å². The topological polar surface area (TPSA) is 58.4 Å². The van der Waals surface area contributed by atoms with Crippen LogP contribution in [0.5, 0.6) is 0 Å². The molecule has 1 aliphatic rings. The van der Waals surface area contributed by atoms with Crippen molar-refractivity contribution in [2.75, 3.05) is 25.0 Å². The number of likely N-dealkylation sites (N-methyl/N-ethyl adjacent to an activating group) is 1. The molecule has 0 spiro atoms. The lowest BCUT2D eigenvalue weighted by Gasteiger charge is -2.30. The van der Waals surface area contributed by atoms with Gasteiger partial charge < -0.3 is 16.0 Å². The molecule has 1 aliphatic heterocycles. The van der Waals surface area contributed by atoms with Crippen LogP contribution in [0, 0.1) is 0 Å². The number of carbonyl (C=O) groups is 1. The van der Waals surface area contributed by atoms with Crippen molar-refractivity contribution in [1.82, 2.24) is 5.32 Å². The highest BCUT2D eigenvalue weighted by Crippen LogP contribution is 2.25. The molecule has 1 atom stereocenters. The Morgan fingerprint density at radius 1 is 1.53 bits per heavy atom. The second-order valence-electron chi connectivity index (χ2n) is 5.05. The average Bonchev–Trinajstić information content (AvgIpc) is 2.39. The van der Waals surface area contributed by atoms with Gasteiger partial charge in [-0.1, -0.05) is 22.4 Å². The van der Waals surface area contributed by atoms with Crippen LogP contribution in [0.15, 0.2) is 22.7 Å². The van der Waals surface area contributed by atoms with Gasteiger partial charge in [0.25, 0.3) is 5.91 Å². The lowest BCUT2D eigenvalue weighted by atomic mass is 10.0. The number of nitrogens with one attached hydrogen (secondary N) is 1. The smallest absolute Gasteiger partial charge is 0.250 e. The molecule has 0 bridgehead atoms. The Morgan fingerprint density at radius 3 is 2.95 bits per heavy atom. The van der Waals surface area contributed by atoms with Crippen LogP contribution in [-0.4, -0.2) is 32.1 Å². The zero-order valence-corrected chi connectivity index (χ0v) is 12.7. The molecule has 0 aliphatic carbocycles. The van der Waals surface area contributed by atoms with Crippen LogP contribution in [-0.2, 0) is 0 Å². The first-order chi connectivity index (χ1) is 9.08. The first-order valence-electron chi connectivity index (χ1n) is 6.62. The van der Waals surface area contributed by atoms with Gasteiger partial charge >= 0.3 is 0 Å². The third kappa shape index (κ3) is 3.70. The highest BCUT2D eigenvalue weighted by molar-refractivity contribution is 9.10. The van der Waals surface area contributed by atoms with E-state index in [0.717, 1.165) is 23.2 Å². The van der Waals surface area contributed by atoms with Crippen LogP contribution in [0.2, 0.25) is 0 Å². The molecular formula is C14H20BrN3O. The molecule has 3 N–H and O–H groups in total. The molecule has 19 heavy (non-hydrogen) atoms. The maximum atomic E-state index is 11.5. The molecule has 0 aromatic heterocycles. The van der Waals surface area contributed by atoms with Crippen molar-refractivity contribution in [3.8, 4) is 0 Å². The summed E-state index contributed by atoms with van der Waals surface area (Å²) in [7, 11) is 2.00. The number of benzene rings is 1. The molecule has 0 radical (unpaired) electrons. The van der Waals surface area contributed by atoms with Gasteiger partial charge in [0.1, 0.15) is 0 Å². The lowest BCUT2D eigenvalue weighted by Crippen LogP contribution is -2.42. The third-order valence-corrected chi connectivity index (χ3v) is 4.04. The molecule has 0 saturated carbocycles. The molecule has 1 aromatic rings. The number of rotatable bonds is 4. The second-order valence-corrected chi connectivity index (χ2v) is 5.97. The van der Waals surface area contributed by atoms with Gasteiger partial charge in [-0.3, -0.25) is 4.79 Å². The molecule has 1 saturated heterocycles. The minimum atomic E-state index is -0.383. The fourth-order valence-electron chi connectivity index (χ4n) is 2.54. The highest BCUT2D eigenvalue weighted by atomic mass is 79.9. The first-order valence-corrected chi connectivity index (χ1v) is 7.41. The summed E-state index contributed by atoms with van der Waals surface area (Å²) in [5.41, 5.74) is 6.89. The summed E-state index contributed by atoms with van der Waals surface area (Å²) < 4.78 is 0.955. The van der Waals surface area contributed by atoms with Gasteiger partial charge in [-0.2, -0.15) is 0 Å². The van der Waals surface area contributed by atoms with Gasteiger partial charge in [0.05, 0.1) is 11.3 Å². The molecule has 1 fully saturated rings. The van der Waals surface area contributed by atoms with Crippen molar-refractivity contribution < 1.29 is 4.79 Å². The predicted octanol–water partition coefficient (Wildman–Crippen LogP) is 2.13. The zero-order chi connectivity index (χ0) is 13.8. The number of amides is 1. The molecule has 1 heterocycles. The Kier molecular flexibility index (Phi) is 4.82. The lowest BCUT2D eigenvalue weighted by molar-refractivity contribution is 0.100. The Hall–Kier alpha value is -1.07. The maximum absolute atomic E-state index is 11.5. The van der Waals surface area contributed by atoms with Gasteiger partial charge in [0, 0.05) is 24.1 Å². The van der Waals surface area contributed by atoms with Crippen LogP contribution in [0.25, 0.3) is 0 Å². The van der Waals surface area contributed by atoms with Crippen molar-refractivity contribution in [2.24, 2.45) is 5.73 Å². The Balaban J connectivity index is 2.14. The van der Waals surface area contributed by atoms with Crippen molar-refractivity contribution in [3.05, 3.63) is 28.2 Å². The van der Waals surface area contributed by atoms with Gasteiger partial charge in [0.2, 0.25) is 0 Å². The number of nitrogens with zero attached hydrogens (tertiary/aromatic N) is 1. The van der Waals surface area contributed by atoms with Gasteiger partial charge in [-0.15, -0.1) is 0 Å². The predicted molar refractivity (Wildman–Crippen MR) is 81.6 cm³/mol. The molecule has 1 aromatic carbocycles. The van der Waals surface area contributed by atoms with E-state index in [-0.39, 0.29) is 5.91 Å². The maximum Gasteiger partial charge on any atom is 0.250 e. The quantitative estimate of drug-likeness (QED) is 0.891. The molecule has 1 unspecified atom stereocenters. The number of nitrogens with two attached hydrogens (primary N) is 1. The van der Waals surface area contributed by atoms with Crippen molar-refractivity contribution >= 4 is 27.5 Å². The standard InChI is InChI=1S/C14H20BrN3O/c1-18(9-11-4-2-3-7-17-11)13-8-10(15)5-6-12(13)14(16)19/h5-6,8,11,17H,2-4,7,9H2,1H3,(H2,16,19). The van der Waals surface area contributed by atoms with Crippen LogP contribution in [0.3, 0.4) is 0 Å². The number of hydrogen-bond acceptors (Lipinski definition) is 3. The van der Waals surface area contributed by atoms with Crippen LogP contribution in [0.4, 0.5) is 5.69 Å². The number of halogens is 1. The van der Waals surface area contributed by atoms with Crippen molar-refractivity contribution in [1.29, 1.82) is 0 Å². The summed E-state index contributed by atoms with van der Waals surface area (Å²) in [5, 5.41) is 3.51. The first kappa shape index (κ1) is 14.3. The summed E-state index contributed by atoms with van der Waals surface area (Å²) >= 11 is 3.44. The number of primary amides is 1. The van der Waals surface area contributed by atoms with E-state index in [9.17, 15) is 4.79 Å². The molecule has 104 valence electrons. The van der Waals surface area contributed by atoms with E-state index in [0.29, 0.717) is 11.6 Å². The highest BCUT2D eigenvalue weighted by Gasteiger charge is 2.18. The fourth-order valence-corrected chi connectivity index (χ4v) is 2.89. The van der Waals surface area contributed by atoms with E-state index in [1.807, 2.05) is 19.2 Å². The van der Waals surface area contributed by atoms with E-state index in [4.69, 9.17) is 5.73 Å². The summed E-state index contributed by atoms with van der Waals surface area (Å²) in [6, 6.07) is 6.05. The van der Waals surface area contributed by atoms with Crippen LogP contribution >= 0.6 is 15.9 Å². The minimum Gasteiger partial charge on any atom is -0.372 e. The van der Waals surface area contributed by atoms with Crippen LogP contribution in [0.1, 0.15) is 29.6 Å². The molecule has 1 amide bonds. The summed E-state index contributed by atoms with van der Waals surface area (Å²) in [4.78, 5) is 13.6. The monoisotopic (exact) mass is 325 g/mol. The second kappa shape index (κ2) is 6.39. The summed E-state index contributed by atoms with van der Waals surface area (Å²) in [5.74, 6) is -0.383. The molecular weight excluding hydrogens is 306 g/mol. The Bertz CT molecular complexity index is 458. The minimum absolute atomic E-state index is 0.383. The SMILES string of the molecule is CN(CC1CCCCN1)c1cc(Br)ccc1C(N)=O. The van der Waals surface area contributed by atoms with Gasteiger partial charge in [-0.05, 0) is 37.6 Å². The number of carbonyl (C=O) groups excluding carboxylic acids is 1. The van der Waals surface area contributed by atoms with E-state index < -0.39 is 0 Å². The normalized spacial score (nSPS) is 19.2. The Labute approximate surface area is 122 Å². The Morgan fingerprint density at radius 2 is 2.32 bits per heavy atom. The van der Waals surface area contributed by atoms with Crippen LogP contribution < -0.4 is 16.0 Å². The average molecular weight is 326 g/mol.